The molecule has 166 valence electrons. The first-order valence-electron chi connectivity index (χ1n) is 10.4. The van der Waals surface area contributed by atoms with Gasteiger partial charge in [0.15, 0.2) is 21.3 Å². The number of pyridine rings is 1. The van der Waals surface area contributed by atoms with Gasteiger partial charge in [0.2, 0.25) is 0 Å². The zero-order chi connectivity index (χ0) is 23.4. The number of halogens is 1. The highest BCUT2D eigenvalue weighted by atomic mass is 79.9. The summed E-state index contributed by atoms with van der Waals surface area (Å²) in [4.78, 5) is 9.24. The highest BCUT2D eigenvalue weighted by molar-refractivity contribution is 9.10. The summed E-state index contributed by atoms with van der Waals surface area (Å²) >= 11 is 3.29. The molecular formula is C23H19BrN6O2S. The molecule has 1 saturated carbocycles. The van der Waals surface area contributed by atoms with Crippen LogP contribution in [0.5, 0.6) is 0 Å². The van der Waals surface area contributed by atoms with Crippen molar-refractivity contribution in [2.75, 3.05) is 5.75 Å². The average molecular weight is 523 g/mol. The summed E-state index contributed by atoms with van der Waals surface area (Å²) in [6.45, 7) is 1.61. The number of benzene rings is 1. The van der Waals surface area contributed by atoms with Crippen molar-refractivity contribution in [3.63, 3.8) is 0 Å². The van der Waals surface area contributed by atoms with Gasteiger partial charge in [0, 0.05) is 24.9 Å². The van der Waals surface area contributed by atoms with Crippen molar-refractivity contribution in [3.05, 3.63) is 52.8 Å². The number of fused-ring (bicyclic) bond motifs is 1. The molecule has 1 aliphatic rings. The summed E-state index contributed by atoms with van der Waals surface area (Å²) in [5.74, 6) is 0.334. The molecule has 0 saturated heterocycles. The van der Waals surface area contributed by atoms with Gasteiger partial charge in [-0.2, -0.15) is 5.26 Å². The molecule has 1 fully saturated rings. The number of nitriles is 1. The first-order chi connectivity index (χ1) is 15.8. The number of aromatic nitrogens is 5. The van der Waals surface area contributed by atoms with Crippen LogP contribution < -0.4 is 0 Å². The van der Waals surface area contributed by atoms with Gasteiger partial charge in [-0.25, -0.2) is 13.4 Å². The lowest BCUT2D eigenvalue weighted by atomic mass is 9.95. The van der Waals surface area contributed by atoms with Crippen molar-refractivity contribution in [2.24, 2.45) is 7.05 Å². The molecule has 0 atom stereocenters. The van der Waals surface area contributed by atoms with Gasteiger partial charge in [-0.3, -0.25) is 4.98 Å². The van der Waals surface area contributed by atoms with E-state index >= 15 is 0 Å². The fraction of sp³-hybridized carbons (Fsp3) is 0.261. The van der Waals surface area contributed by atoms with Crippen LogP contribution in [0.3, 0.4) is 0 Å². The largest absolute Gasteiger partial charge is 0.309 e. The molecule has 5 rings (SSSR count). The second-order valence-electron chi connectivity index (χ2n) is 8.12. The van der Waals surface area contributed by atoms with E-state index in [4.69, 9.17) is 0 Å². The van der Waals surface area contributed by atoms with E-state index in [1.165, 1.54) is 0 Å². The van der Waals surface area contributed by atoms with Crippen molar-refractivity contribution >= 4 is 36.9 Å². The highest BCUT2D eigenvalue weighted by Gasteiger charge is 2.44. The van der Waals surface area contributed by atoms with Gasteiger partial charge in [0.05, 0.1) is 22.1 Å². The molecule has 8 nitrogen and oxygen atoms in total. The molecule has 0 unspecified atom stereocenters. The quantitative estimate of drug-likeness (QED) is 0.385. The fourth-order valence-corrected chi connectivity index (χ4v) is 5.26. The Hall–Kier alpha value is -3.16. The van der Waals surface area contributed by atoms with E-state index in [1.807, 2.05) is 24.3 Å². The summed E-state index contributed by atoms with van der Waals surface area (Å²) in [6.07, 6.45) is 3.39. The molecule has 0 spiro atoms. The Morgan fingerprint density at radius 2 is 1.88 bits per heavy atom. The third kappa shape index (κ3) is 3.61. The topological polar surface area (TPSA) is 114 Å². The van der Waals surface area contributed by atoms with Crippen molar-refractivity contribution < 1.29 is 8.42 Å². The molecule has 4 aromatic rings. The summed E-state index contributed by atoms with van der Waals surface area (Å²) in [5.41, 5.74) is 3.53. The molecule has 0 N–H and O–H groups in total. The van der Waals surface area contributed by atoms with Crippen LogP contribution in [0.25, 0.3) is 33.8 Å². The van der Waals surface area contributed by atoms with E-state index in [9.17, 15) is 13.7 Å². The van der Waals surface area contributed by atoms with Crippen LogP contribution in [0, 0.1) is 11.3 Å². The fourth-order valence-electron chi connectivity index (χ4n) is 3.91. The Labute approximate surface area is 199 Å². The number of aryl methyl sites for hydroxylation is 1. The maximum absolute atomic E-state index is 13.0. The molecule has 0 amide bonds. The van der Waals surface area contributed by atoms with E-state index in [2.05, 4.69) is 42.2 Å². The molecule has 0 radical (unpaired) electrons. The smallest absolute Gasteiger partial charge is 0.182 e. The summed E-state index contributed by atoms with van der Waals surface area (Å²) in [6, 6.07) is 13.5. The molecule has 10 heteroatoms. The summed E-state index contributed by atoms with van der Waals surface area (Å²) in [5, 5.41) is 17.6. The predicted molar refractivity (Wildman–Crippen MR) is 127 cm³/mol. The second kappa shape index (κ2) is 7.71. The monoisotopic (exact) mass is 522 g/mol. The van der Waals surface area contributed by atoms with Crippen molar-refractivity contribution in [1.82, 2.24) is 24.7 Å². The number of rotatable bonds is 5. The maximum atomic E-state index is 13.0. The van der Waals surface area contributed by atoms with Crippen LogP contribution in [-0.4, -0.2) is 38.9 Å². The highest BCUT2D eigenvalue weighted by Crippen LogP contribution is 2.47. The Balaban J connectivity index is 1.64. The first kappa shape index (κ1) is 21.7. The number of imidazole rings is 1. The van der Waals surface area contributed by atoms with E-state index in [1.54, 1.807) is 36.9 Å². The second-order valence-corrected chi connectivity index (χ2v) is 11.2. The van der Waals surface area contributed by atoms with Gasteiger partial charge in [0.25, 0.3) is 0 Å². The number of hydrogen-bond acceptors (Lipinski definition) is 7. The van der Waals surface area contributed by atoms with E-state index < -0.39 is 9.84 Å². The molecule has 1 aliphatic carbocycles. The van der Waals surface area contributed by atoms with Gasteiger partial charge in [-0.1, -0.05) is 31.2 Å². The number of sulfone groups is 1. The van der Waals surface area contributed by atoms with Crippen LogP contribution in [-0.2, 0) is 22.3 Å². The number of hydrogen-bond donors (Lipinski definition) is 0. The van der Waals surface area contributed by atoms with E-state index in [0.29, 0.717) is 27.2 Å². The molecule has 3 aromatic heterocycles. The number of nitrogens with zero attached hydrogens (tertiary/aromatic N) is 6. The molecule has 1 aromatic carbocycles. The third-order valence-electron chi connectivity index (χ3n) is 6.10. The van der Waals surface area contributed by atoms with Crippen LogP contribution in [0.2, 0.25) is 0 Å². The Kier molecular flexibility index (Phi) is 5.06. The minimum Gasteiger partial charge on any atom is -0.309 e. The Morgan fingerprint density at radius 3 is 2.52 bits per heavy atom. The van der Waals surface area contributed by atoms with Gasteiger partial charge in [-0.05, 0) is 46.0 Å². The van der Waals surface area contributed by atoms with Crippen LogP contribution in [0.1, 0.15) is 25.3 Å². The predicted octanol–water partition coefficient (Wildman–Crippen LogP) is 4.20. The van der Waals surface area contributed by atoms with Crippen LogP contribution in [0.15, 0.2) is 52.1 Å². The lowest BCUT2D eigenvalue weighted by Crippen LogP contribution is -2.09. The van der Waals surface area contributed by atoms with Crippen molar-refractivity contribution in [3.8, 4) is 28.7 Å². The molecule has 33 heavy (non-hydrogen) atoms. The molecule has 0 aliphatic heterocycles. The van der Waals surface area contributed by atoms with Gasteiger partial charge in [0.1, 0.15) is 15.8 Å². The zero-order valence-corrected chi connectivity index (χ0v) is 20.4. The normalized spacial score (nSPS) is 14.8. The SMILES string of the molecule is CCS(=O)(=O)c1cc(-c2ccc(C3(C#N)CC3)cc2)cnc1-c1nc2cc(Br)nnc2n1C. The standard InChI is InChI=1S/C23H19BrN6O2S/c1-3-33(31,32)18-10-15(14-4-6-16(7-5-14)23(13-25)8-9-23)12-26-20(18)22-27-17-11-19(24)28-29-21(17)30(22)2/h4-7,10-12H,3,8-9H2,1-2H3. The average Bonchev–Trinajstić information content (AvgIpc) is 3.57. The summed E-state index contributed by atoms with van der Waals surface area (Å²) < 4.78 is 28.3. The first-order valence-corrected chi connectivity index (χ1v) is 12.8. The van der Waals surface area contributed by atoms with Crippen LogP contribution >= 0.6 is 15.9 Å². The van der Waals surface area contributed by atoms with Gasteiger partial charge >= 0.3 is 0 Å². The van der Waals surface area contributed by atoms with Crippen LogP contribution in [0.4, 0.5) is 0 Å². The van der Waals surface area contributed by atoms with E-state index in [0.717, 1.165) is 24.0 Å². The Morgan fingerprint density at radius 1 is 1.15 bits per heavy atom. The molecule has 0 bridgehead atoms. The molecular weight excluding hydrogens is 504 g/mol. The van der Waals surface area contributed by atoms with Gasteiger partial charge < -0.3 is 4.57 Å². The maximum Gasteiger partial charge on any atom is 0.182 e. The van der Waals surface area contributed by atoms with Crippen molar-refractivity contribution in [2.45, 2.75) is 30.1 Å². The third-order valence-corrected chi connectivity index (χ3v) is 8.23. The summed E-state index contributed by atoms with van der Waals surface area (Å²) in [7, 11) is -1.84. The minimum absolute atomic E-state index is 0.0654. The zero-order valence-electron chi connectivity index (χ0n) is 17.9. The van der Waals surface area contributed by atoms with Crippen molar-refractivity contribution in [1.29, 1.82) is 5.26 Å². The van der Waals surface area contributed by atoms with E-state index in [-0.39, 0.29) is 21.8 Å². The lowest BCUT2D eigenvalue weighted by Gasteiger charge is -2.12. The minimum atomic E-state index is -3.60. The van der Waals surface area contributed by atoms with Gasteiger partial charge in [-0.15, -0.1) is 10.2 Å². The Bertz CT molecular complexity index is 1550. The molecule has 3 heterocycles. The lowest BCUT2D eigenvalue weighted by molar-refractivity contribution is 0.597.